The van der Waals surface area contributed by atoms with Crippen LogP contribution in [0.3, 0.4) is 0 Å². The van der Waals surface area contributed by atoms with Gasteiger partial charge in [0, 0.05) is 0 Å². The van der Waals surface area contributed by atoms with Crippen molar-refractivity contribution in [1.29, 1.82) is 5.26 Å². The monoisotopic (exact) mass is 460 g/mol. The molecular weight excluding hydrogens is 411 g/mol. The van der Waals surface area contributed by atoms with Gasteiger partial charge in [0.15, 0.2) is 0 Å². The van der Waals surface area contributed by atoms with Crippen LogP contribution in [0.25, 0.3) is 0 Å². The van der Waals surface area contributed by atoms with Crippen LogP contribution < -0.4 is 0 Å². The molecule has 0 heterocycles. The van der Waals surface area contributed by atoms with E-state index in [1.165, 1.54) is 82.0 Å². The van der Waals surface area contributed by atoms with Gasteiger partial charge in [0.1, 0.15) is 0 Å². The summed E-state index contributed by atoms with van der Waals surface area (Å²) < 4.78 is 15.3. The van der Waals surface area contributed by atoms with Gasteiger partial charge in [-0.25, -0.2) is 0 Å². The van der Waals surface area contributed by atoms with E-state index in [0.717, 1.165) is 5.56 Å². The van der Waals surface area contributed by atoms with E-state index < -0.39 is 7.68 Å². The second-order valence-corrected chi connectivity index (χ2v) is 16.6. The van der Waals surface area contributed by atoms with Gasteiger partial charge in [0.2, 0.25) is 0 Å². The molecule has 0 fully saturated rings. The van der Waals surface area contributed by atoms with Gasteiger partial charge >= 0.3 is 89.6 Å². The number of rotatable bonds is 12. The molecule has 1 rings (SSSR count). The number of nitrogens with zero attached hydrogens (tertiary/aromatic N) is 2. The molecule has 32 heavy (non-hydrogen) atoms. The molecule has 1 aromatic carbocycles. The van der Waals surface area contributed by atoms with E-state index in [4.69, 9.17) is 5.26 Å². The number of benzene rings is 1. The molecule has 0 aromatic heterocycles. The van der Waals surface area contributed by atoms with Crippen LogP contribution in [-0.4, -0.2) is 38.3 Å². The van der Waals surface area contributed by atoms with Crippen LogP contribution >= 0.6 is 0 Å². The van der Waals surface area contributed by atoms with Crippen LogP contribution in [0.2, 0.25) is 19.6 Å². The Morgan fingerprint density at radius 1 is 0.719 bits per heavy atom. The van der Waals surface area contributed by atoms with Crippen molar-refractivity contribution in [3.8, 4) is 17.5 Å². The molecule has 182 valence electrons. The van der Waals surface area contributed by atoms with Crippen molar-refractivity contribution in [2.75, 3.05) is 26.2 Å². The Bertz CT molecular complexity index is 682. The van der Waals surface area contributed by atoms with Gasteiger partial charge < -0.3 is 4.48 Å². The third kappa shape index (κ3) is 15.2. The second kappa shape index (κ2) is 15.3. The fraction of sp³-hybridized carbons (Fsp3) is 0.679. The van der Waals surface area contributed by atoms with Crippen LogP contribution in [-0.2, 0) is 0 Å². The summed E-state index contributed by atoms with van der Waals surface area (Å²) in [6.07, 6.45) is 11.1. The molecule has 0 saturated carbocycles. The first-order chi connectivity index (χ1) is 15.0. The summed E-state index contributed by atoms with van der Waals surface area (Å²) in [6, 6.07) is 8.85. The van der Waals surface area contributed by atoms with Crippen LogP contribution in [0.5, 0.6) is 0 Å². The standard InChI is InChI=1S/C16H36N.C12H13FNSi/c1-5-9-13-17(14-10-6-2,15-11-7-3)16-12-8-4;1-15(2,3,13)9-8-11-4-6-12(10-14)7-5-11/h5-16H2,1-4H3;4-7H,1-3H3/q+1;-1. The van der Waals surface area contributed by atoms with E-state index in [1.807, 2.05) is 6.07 Å². The number of nitriles is 1. The quantitative estimate of drug-likeness (QED) is 0.133. The van der Waals surface area contributed by atoms with Crippen molar-refractivity contribution in [2.24, 2.45) is 0 Å². The molecule has 0 saturated heterocycles. The van der Waals surface area contributed by atoms with Gasteiger partial charge in [-0.1, -0.05) is 53.4 Å². The Morgan fingerprint density at radius 2 is 1.06 bits per heavy atom. The molecule has 0 aliphatic heterocycles. The fourth-order valence-electron chi connectivity index (χ4n) is 3.56. The average Bonchev–Trinajstić information content (AvgIpc) is 2.76. The molecule has 0 N–H and O–H groups in total. The maximum absolute atomic E-state index is 13.8. The average molecular weight is 461 g/mol. The first kappa shape index (κ1) is 30.4. The zero-order valence-electron chi connectivity index (χ0n) is 22.1. The van der Waals surface area contributed by atoms with E-state index in [1.54, 1.807) is 43.9 Å². The van der Waals surface area contributed by atoms with Gasteiger partial charge in [-0.2, -0.15) is 0 Å². The number of halogens is 1. The molecule has 0 amide bonds. The van der Waals surface area contributed by atoms with Gasteiger partial charge in [-0.15, -0.1) is 0 Å². The molecule has 0 unspecified atom stereocenters. The molecule has 1 aromatic rings. The minimum atomic E-state index is -3.48. The Kier molecular flexibility index (Phi) is 14.5. The van der Waals surface area contributed by atoms with Crippen molar-refractivity contribution in [2.45, 2.75) is 98.7 Å². The third-order valence-electron chi connectivity index (χ3n) is 5.59. The first-order valence-electron chi connectivity index (χ1n) is 12.8. The summed E-state index contributed by atoms with van der Waals surface area (Å²) in [7, 11) is -3.48. The molecule has 0 radical (unpaired) electrons. The molecule has 0 aliphatic rings. The topological polar surface area (TPSA) is 23.8 Å². The molecule has 4 heteroatoms. The summed E-state index contributed by atoms with van der Waals surface area (Å²) in [5, 5.41) is 8.59. The van der Waals surface area contributed by atoms with Crippen molar-refractivity contribution in [3.63, 3.8) is 0 Å². The minimum absolute atomic E-state index is 0.588. The van der Waals surface area contributed by atoms with Crippen molar-refractivity contribution >= 4 is 7.68 Å². The summed E-state index contributed by atoms with van der Waals surface area (Å²) in [4.78, 5) is 0. The molecule has 0 atom stereocenters. The van der Waals surface area contributed by atoms with Gasteiger partial charge in [-0.05, 0) is 25.7 Å². The second-order valence-electron chi connectivity index (χ2n) is 10.5. The Morgan fingerprint density at radius 3 is 1.34 bits per heavy atom. The van der Waals surface area contributed by atoms with E-state index in [0.29, 0.717) is 5.56 Å². The number of hydrogen-bond donors (Lipinski definition) is 0. The Balaban J connectivity index is 0.000000604. The summed E-state index contributed by atoms with van der Waals surface area (Å²) in [5.74, 6) is 2.81. The van der Waals surface area contributed by atoms with Crippen molar-refractivity contribution < 1.29 is 8.59 Å². The van der Waals surface area contributed by atoms with Crippen LogP contribution in [0, 0.1) is 22.8 Å². The van der Waals surface area contributed by atoms with E-state index >= 15 is 0 Å². The number of quaternary nitrogens is 1. The van der Waals surface area contributed by atoms with Gasteiger partial charge in [0.25, 0.3) is 0 Å². The van der Waals surface area contributed by atoms with Crippen molar-refractivity contribution in [3.05, 3.63) is 35.4 Å². The molecular formula is C28H49FN2Si. The van der Waals surface area contributed by atoms with E-state index in [2.05, 4.69) is 39.2 Å². The van der Waals surface area contributed by atoms with E-state index in [9.17, 15) is 4.11 Å². The Labute approximate surface area is 199 Å². The maximum atomic E-state index is 13.8. The van der Waals surface area contributed by atoms with Crippen molar-refractivity contribution in [1.82, 2.24) is 0 Å². The Hall–Kier alpha value is -1.62. The van der Waals surface area contributed by atoms with Crippen LogP contribution in [0.4, 0.5) is 4.11 Å². The number of unbranched alkanes of at least 4 members (excludes halogenated alkanes) is 4. The SMILES string of the molecule is CCCC[N+](CCCC)(CCCC)CCCC.C[Si-](C)(C)(F)C#Cc1ccc(C#N)cc1. The molecule has 0 bridgehead atoms. The first-order valence-corrected chi connectivity index (χ1v) is 16.7. The molecule has 0 spiro atoms. The van der Waals surface area contributed by atoms with Gasteiger partial charge in [0.05, 0.1) is 26.2 Å². The van der Waals surface area contributed by atoms with Crippen LogP contribution in [0.1, 0.15) is 90.2 Å². The predicted molar refractivity (Wildman–Crippen MR) is 142 cm³/mol. The summed E-state index contributed by atoms with van der Waals surface area (Å²) >= 11 is 0. The van der Waals surface area contributed by atoms with Gasteiger partial charge in [-0.3, -0.25) is 0 Å². The normalized spacial score (nSPS) is 12.4. The molecule has 2 nitrogen and oxygen atoms in total. The fourth-order valence-corrected chi connectivity index (χ4v) is 4.12. The number of hydrogen-bond acceptors (Lipinski definition) is 1. The third-order valence-corrected chi connectivity index (χ3v) is 6.56. The zero-order chi connectivity index (χ0) is 24.5. The van der Waals surface area contributed by atoms with E-state index in [-0.39, 0.29) is 0 Å². The molecule has 0 aliphatic carbocycles. The zero-order valence-corrected chi connectivity index (χ0v) is 23.1. The summed E-state index contributed by atoms with van der Waals surface area (Å²) in [6.45, 7) is 19.8. The predicted octanol–water partition coefficient (Wildman–Crippen LogP) is 8.21. The van der Waals surface area contributed by atoms with Crippen LogP contribution in [0.15, 0.2) is 24.3 Å². The summed E-state index contributed by atoms with van der Waals surface area (Å²) in [5.41, 5.74) is 4.04.